The van der Waals surface area contributed by atoms with Crippen LogP contribution < -0.4 is 5.32 Å². The highest BCUT2D eigenvalue weighted by atomic mass is 16.1. The van der Waals surface area contributed by atoms with Crippen molar-refractivity contribution in [3.63, 3.8) is 0 Å². The van der Waals surface area contributed by atoms with Gasteiger partial charge in [0, 0.05) is 37.2 Å². The quantitative estimate of drug-likeness (QED) is 0.728. The summed E-state index contributed by atoms with van der Waals surface area (Å²) in [4.78, 5) is 16.6. The van der Waals surface area contributed by atoms with Crippen LogP contribution in [0, 0.1) is 0 Å². The maximum Gasteiger partial charge on any atom is 0.220 e. The Morgan fingerprint density at radius 2 is 1.86 bits per heavy atom. The Morgan fingerprint density at radius 3 is 2.66 bits per heavy atom. The highest BCUT2D eigenvalue weighted by Crippen LogP contribution is 2.25. The van der Waals surface area contributed by atoms with Gasteiger partial charge in [-0.1, -0.05) is 56.0 Å². The Hall–Kier alpha value is -2.28. The number of carbonyl (C=O) groups excluding carboxylic acids is 1. The van der Waals surface area contributed by atoms with Gasteiger partial charge in [0.15, 0.2) is 0 Å². The molecule has 1 atom stereocenters. The summed E-state index contributed by atoms with van der Waals surface area (Å²) in [5.74, 6) is 0.765. The van der Waals surface area contributed by atoms with Crippen molar-refractivity contribution < 1.29 is 4.79 Å². The molecule has 29 heavy (non-hydrogen) atoms. The molecule has 7 nitrogen and oxygen atoms in total. The predicted molar refractivity (Wildman–Crippen MR) is 112 cm³/mol. The van der Waals surface area contributed by atoms with Crippen molar-refractivity contribution in [2.24, 2.45) is 0 Å². The number of nitrogens with zero attached hydrogens (tertiary/aromatic N) is 5. The number of nitrogens with one attached hydrogen (secondary N) is 1. The molecule has 1 saturated heterocycles. The van der Waals surface area contributed by atoms with E-state index in [0.29, 0.717) is 24.8 Å². The summed E-state index contributed by atoms with van der Waals surface area (Å²) in [7, 11) is 0. The van der Waals surface area contributed by atoms with Gasteiger partial charge in [-0.3, -0.25) is 9.69 Å². The van der Waals surface area contributed by atoms with Gasteiger partial charge >= 0.3 is 0 Å². The number of carbonyl (C=O) groups is 1. The Bertz CT molecular complexity index is 769. The molecule has 0 radical (unpaired) electrons. The van der Waals surface area contributed by atoms with Crippen molar-refractivity contribution in [1.29, 1.82) is 0 Å². The molecule has 1 N–H and O–H groups in total. The van der Waals surface area contributed by atoms with E-state index in [4.69, 9.17) is 0 Å². The number of amides is 1. The number of hydrogen-bond acceptors (Lipinski definition) is 5. The molecule has 1 aliphatic heterocycles. The van der Waals surface area contributed by atoms with E-state index in [9.17, 15) is 4.79 Å². The van der Waals surface area contributed by atoms with Crippen LogP contribution >= 0.6 is 0 Å². The Labute approximate surface area is 172 Å². The summed E-state index contributed by atoms with van der Waals surface area (Å²) in [6.45, 7) is 2.74. The summed E-state index contributed by atoms with van der Waals surface area (Å²) in [6, 6.07) is 10.9. The molecule has 2 aliphatic rings. The number of aryl methyl sites for hydroxylation is 1. The molecule has 0 spiro atoms. The first-order chi connectivity index (χ1) is 14.3. The standard InChI is InChI=1S/C22H32N6O/c29-21(23-19-14-16-27(17-19)20-11-6-1-2-7-12-20)13-8-15-28-25-22(24-26-28)18-9-4-3-5-10-18/h3-5,9-10,19-20H,1-2,6-8,11-17H2,(H,23,29). The van der Waals surface area contributed by atoms with Crippen molar-refractivity contribution in [3.05, 3.63) is 30.3 Å². The predicted octanol–water partition coefficient (Wildman–Crippen LogP) is 3.03. The summed E-state index contributed by atoms with van der Waals surface area (Å²) in [6.07, 6.45) is 10.5. The molecule has 0 bridgehead atoms. The molecule has 4 rings (SSSR count). The van der Waals surface area contributed by atoms with Crippen molar-refractivity contribution in [3.8, 4) is 11.4 Å². The zero-order valence-corrected chi connectivity index (χ0v) is 17.2. The maximum atomic E-state index is 12.4. The van der Waals surface area contributed by atoms with Crippen LogP contribution in [0.1, 0.15) is 57.8 Å². The molecule has 1 amide bonds. The van der Waals surface area contributed by atoms with E-state index < -0.39 is 0 Å². The van der Waals surface area contributed by atoms with Crippen molar-refractivity contribution in [2.45, 2.75) is 76.4 Å². The summed E-state index contributed by atoms with van der Waals surface area (Å²) < 4.78 is 0. The number of rotatable bonds is 7. The summed E-state index contributed by atoms with van der Waals surface area (Å²) in [5.41, 5.74) is 0.955. The fraction of sp³-hybridized carbons (Fsp3) is 0.636. The minimum atomic E-state index is 0.140. The monoisotopic (exact) mass is 396 g/mol. The van der Waals surface area contributed by atoms with Crippen molar-refractivity contribution in [2.75, 3.05) is 13.1 Å². The smallest absolute Gasteiger partial charge is 0.220 e. The first-order valence-electron chi connectivity index (χ1n) is 11.1. The minimum absolute atomic E-state index is 0.140. The van der Waals surface area contributed by atoms with E-state index in [-0.39, 0.29) is 5.91 Å². The molecule has 1 aromatic heterocycles. The third kappa shape index (κ3) is 5.63. The van der Waals surface area contributed by atoms with E-state index in [1.54, 1.807) is 4.80 Å². The van der Waals surface area contributed by atoms with Gasteiger partial charge in [0.25, 0.3) is 0 Å². The van der Waals surface area contributed by atoms with E-state index in [1.807, 2.05) is 30.3 Å². The highest BCUT2D eigenvalue weighted by molar-refractivity contribution is 5.76. The molecule has 156 valence electrons. The van der Waals surface area contributed by atoms with Gasteiger partial charge in [0.2, 0.25) is 11.7 Å². The van der Waals surface area contributed by atoms with Crippen LogP contribution in [0.5, 0.6) is 0 Å². The second kappa shape index (κ2) is 9.96. The van der Waals surface area contributed by atoms with Crippen LogP contribution in [0.3, 0.4) is 0 Å². The normalized spacial score (nSPS) is 21.2. The van der Waals surface area contributed by atoms with Gasteiger partial charge < -0.3 is 5.32 Å². The number of aromatic nitrogens is 4. The fourth-order valence-corrected chi connectivity index (χ4v) is 4.58. The molecule has 1 aromatic carbocycles. The van der Waals surface area contributed by atoms with Gasteiger partial charge in [0.05, 0.1) is 6.54 Å². The van der Waals surface area contributed by atoms with E-state index in [0.717, 1.165) is 37.5 Å². The third-order valence-corrected chi connectivity index (χ3v) is 6.17. The van der Waals surface area contributed by atoms with Crippen molar-refractivity contribution >= 4 is 5.91 Å². The first kappa shape index (κ1) is 20.0. The van der Waals surface area contributed by atoms with Gasteiger partial charge in [-0.05, 0) is 30.9 Å². The number of benzene rings is 1. The third-order valence-electron chi connectivity index (χ3n) is 6.17. The molecule has 2 fully saturated rings. The number of hydrogen-bond donors (Lipinski definition) is 1. The van der Waals surface area contributed by atoms with E-state index in [2.05, 4.69) is 25.6 Å². The lowest BCUT2D eigenvalue weighted by Gasteiger charge is -2.26. The topological polar surface area (TPSA) is 75.9 Å². The van der Waals surface area contributed by atoms with Gasteiger partial charge in [-0.2, -0.15) is 4.80 Å². The van der Waals surface area contributed by atoms with E-state index in [1.165, 1.54) is 38.5 Å². The zero-order chi connectivity index (χ0) is 19.9. The lowest BCUT2D eigenvalue weighted by Crippen LogP contribution is -2.39. The van der Waals surface area contributed by atoms with Crippen LogP contribution in [-0.2, 0) is 11.3 Å². The molecule has 2 heterocycles. The van der Waals surface area contributed by atoms with Crippen LogP contribution in [0.2, 0.25) is 0 Å². The zero-order valence-electron chi connectivity index (χ0n) is 17.2. The SMILES string of the molecule is O=C(CCCn1nnc(-c2ccccc2)n1)NC1CCN(C2CCCCCC2)C1. The Morgan fingerprint density at radius 1 is 1.07 bits per heavy atom. The lowest BCUT2D eigenvalue weighted by atomic mass is 10.1. The molecule has 1 unspecified atom stereocenters. The molecular weight excluding hydrogens is 364 g/mol. The molecule has 7 heteroatoms. The second-order valence-electron chi connectivity index (χ2n) is 8.37. The highest BCUT2D eigenvalue weighted by Gasteiger charge is 2.29. The van der Waals surface area contributed by atoms with Gasteiger partial charge in [-0.25, -0.2) is 0 Å². The van der Waals surface area contributed by atoms with Gasteiger partial charge in [-0.15, -0.1) is 10.2 Å². The Balaban J connectivity index is 1.17. The van der Waals surface area contributed by atoms with Crippen LogP contribution in [-0.4, -0.2) is 56.2 Å². The first-order valence-corrected chi connectivity index (χ1v) is 11.1. The average Bonchev–Trinajstić information content (AvgIpc) is 3.32. The fourth-order valence-electron chi connectivity index (χ4n) is 4.58. The molecule has 1 saturated carbocycles. The maximum absolute atomic E-state index is 12.4. The number of likely N-dealkylation sites (tertiary alicyclic amines) is 1. The number of tetrazole rings is 1. The molecular formula is C22H32N6O. The van der Waals surface area contributed by atoms with Crippen LogP contribution in [0.25, 0.3) is 11.4 Å². The van der Waals surface area contributed by atoms with Crippen molar-refractivity contribution in [1.82, 2.24) is 30.4 Å². The Kier molecular flexibility index (Phi) is 6.87. The molecule has 2 aromatic rings. The molecule has 1 aliphatic carbocycles. The van der Waals surface area contributed by atoms with Gasteiger partial charge in [0.1, 0.15) is 0 Å². The van der Waals surface area contributed by atoms with E-state index >= 15 is 0 Å². The summed E-state index contributed by atoms with van der Waals surface area (Å²) in [5, 5.41) is 15.8. The van der Waals surface area contributed by atoms with Crippen LogP contribution in [0.15, 0.2) is 30.3 Å². The second-order valence-corrected chi connectivity index (χ2v) is 8.37. The summed E-state index contributed by atoms with van der Waals surface area (Å²) >= 11 is 0. The minimum Gasteiger partial charge on any atom is -0.352 e. The largest absolute Gasteiger partial charge is 0.352 e. The average molecular weight is 397 g/mol. The lowest BCUT2D eigenvalue weighted by molar-refractivity contribution is -0.121. The van der Waals surface area contributed by atoms with Crippen LogP contribution in [0.4, 0.5) is 0 Å².